The Hall–Kier alpha value is -1.38. The van der Waals surface area contributed by atoms with Crippen molar-refractivity contribution < 1.29 is 5.11 Å². The first-order valence-electron chi connectivity index (χ1n) is 5.90. The molecule has 0 saturated carbocycles. The number of nitrogens with zero attached hydrogens (tertiary/aromatic N) is 1. The molecule has 0 bridgehead atoms. The number of rotatable bonds is 4. The van der Waals surface area contributed by atoms with Crippen LogP contribution < -0.4 is 0 Å². The molecular weight excluding hydrogens is 246 g/mol. The van der Waals surface area contributed by atoms with Crippen LogP contribution in [0.15, 0.2) is 48.8 Å². The molecule has 0 aliphatic rings. The molecule has 1 unspecified atom stereocenters. The summed E-state index contributed by atoms with van der Waals surface area (Å²) in [6, 6.07) is 11.6. The summed E-state index contributed by atoms with van der Waals surface area (Å²) >= 11 is 5.89. The van der Waals surface area contributed by atoms with Gasteiger partial charge in [0.05, 0.1) is 6.61 Å². The van der Waals surface area contributed by atoms with Crippen LogP contribution in [0, 0.1) is 0 Å². The molecule has 0 aliphatic heterocycles. The summed E-state index contributed by atoms with van der Waals surface area (Å²) < 4.78 is 0. The van der Waals surface area contributed by atoms with Crippen LogP contribution in [-0.2, 0) is 11.8 Å². The lowest BCUT2D eigenvalue weighted by Crippen LogP contribution is -2.29. The summed E-state index contributed by atoms with van der Waals surface area (Å²) in [4.78, 5) is 4.01. The van der Waals surface area contributed by atoms with Gasteiger partial charge >= 0.3 is 0 Å². The third-order valence-corrected chi connectivity index (χ3v) is 3.49. The fourth-order valence-corrected chi connectivity index (χ4v) is 2.18. The van der Waals surface area contributed by atoms with Crippen molar-refractivity contribution in [2.45, 2.75) is 18.8 Å². The highest BCUT2D eigenvalue weighted by Crippen LogP contribution is 2.28. The van der Waals surface area contributed by atoms with Crippen LogP contribution in [0.4, 0.5) is 0 Å². The molecule has 0 spiro atoms. The predicted molar refractivity (Wildman–Crippen MR) is 73.8 cm³/mol. The molecule has 1 aromatic heterocycles. The van der Waals surface area contributed by atoms with Crippen molar-refractivity contribution in [3.8, 4) is 0 Å². The first-order chi connectivity index (χ1) is 8.64. The number of aromatic nitrogens is 1. The van der Waals surface area contributed by atoms with Gasteiger partial charge in [-0.15, -0.1) is 0 Å². The fraction of sp³-hybridized carbons (Fsp3) is 0.267. The summed E-state index contributed by atoms with van der Waals surface area (Å²) in [5, 5.41) is 10.4. The van der Waals surface area contributed by atoms with Crippen LogP contribution in [-0.4, -0.2) is 16.7 Å². The van der Waals surface area contributed by atoms with E-state index in [0.29, 0.717) is 5.02 Å². The average molecular weight is 262 g/mol. The molecule has 1 aromatic carbocycles. The molecule has 0 amide bonds. The molecule has 94 valence electrons. The van der Waals surface area contributed by atoms with Gasteiger partial charge in [0.25, 0.3) is 0 Å². The molecule has 0 fully saturated rings. The van der Waals surface area contributed by atoms with Crippen molar-refractivity contribution in [1.82, 2.24) is 4.98 Å². The lowest BCUT2D eigenvalue weighted by atomic mass is 9.78. The molecule has 1 heterocycles. The monoisotopic (exact) mass is 261 g/mol. The minimum atomic E-state index is -0.300. The maximum Gasteiger partial charge on any atom is 0.0528 e. The molecule has 2 rings (SSSR count). The van der Waals surface area contributed by atoms with E-state index in [0.717, 1.165) is 17.5 Å². The van der Waals surface area contributed by atoms with Gasteiger partial charge in [-0.1, -0.05) is 30.7 Å². The highest BCUT2D eigenvalue weighted by Gasteiger charge is 2.26. The highest BCUT2D eigenvalue weighted by molar-refractivity contribution is 6.30. The number of pyridine rings is 1. The molecule has 1 N–H and O–H groups in total. The van der Waals surface area contributed by atoms with Gasteiger partial charge in [0.15, 0.2) is 0 Å². The van der Waals surface area contributed by atoms with Gasteiger partial charge in [-0.05, 0) is 41.8 Å². The van der Waals surface area contributed by atoms with Crippen LogP contribution in [0.1, 0.15) is 18.1 Å². The smallest absolute Gasteiger partial charge is 0.0528 e. The first-order valence-corrected chi connectivity index (χ1v) is 6.28. The highest BCUT2D eigenvalue weighted by atomic mass is 35.5. The van der Waals surface area contributed by atoms with Gasteiger partial charge in [0, 0.05) is 22.8 Å². The number of aliphatic hydroxyl groups excluding tert-OH is 1. The van der Waals surface area contributed by atoms with Gasteiger partial charge in [0.2, 0.25) is 0 Å². The Balaban J connectivity index is 2.28. The summed E-state index contributed by atoms with van der Waals surface area (Å²) in [6.45, 7) is 2.15. The van der Waals surface area contributed by atoms with E-state index in [2.05, 4.69) is 11.9 Å². The summed E-state index contributed by atoms with van der Waals surface area (Å²) in [5.74, 6) is 0. The quantitative estimate of drug-likeness (QED) is 0.917. The fourth-order valence-electron chi connectivity index (χ4n) is 2.05. The van der Waals surface area contributed by atoms with E-state index in [1.54, 1.807) is 12.4 Å². The van der Waals surface area contributed by atoms with E-state index >= 15 is 0 Å². The lowest BCUT2D eigenvalue weighted by Gasteiger charge is -2.28. The SMILES string of the molecule is CC(CO)(Cc1ccncc1)c1ccc(Cl)cc1. The standard InChI is InChI=1S/C15H16ClNO/c1-15(11-18,10-12-6-8-17-9-7-12)13-2-4-14(16)5-3-13/h2-9,18H,10-11H2,1H3. The molecule has 18 heavy (non-hydrogen) atoms. The second kappa shape index (κ2) is 5.51. The first kappa shape index (κ1) is 13.1. The molecule has 2 nitrogen and oxygen atoms in total. The molecule has 0 saturated heterocycles. The third kappa shape index (κ3) is 2.89. The van der Waals surface area contributed by atoms with E-state index in [4.69, 9.17) is 11.6 Å². The maximum absolute atomic E-state index is 9.72. The Morgan fingerprint density at radius 1 is 1.11 bits per heavy atom. The van der Waals surface area contributed by atoms with Crippen molar-refractivity contribution in [2.75, 3.05) is 6.61 Å². The second-order valence-corrected chi connectivity index (χ2v) is 5.19. The molecule has 0 radical (unpaired) electrons. The van der Waals surface area contributed by atoms with Crippen molar-refractivity contribution in [1.29, 1.82) is 0 Å². The Labute approximate surface area is 112 Å². The van der Waals surface area contributed by atoms with Crippen LogP contribution in [0.2, 0.25) is 5.02 Å². The van der Waals surface area contributed by atoms with Gasteiger partial charge in [-0.2, -0.15) is 0 Å². The second-order valence-electron chi connectivity index (χ2n) is 4.76. The number of hydrogen-bond donors (Lipinski definition) is 1. The average Bonchev–Trinajstić information content (AvgIpc) is 2.40. The van der Waals surface area contributed by atoms with Crippen LogP contribution in [0.5, 0.6) is 0 Å². The van der Waals surface area contributed by atoms with E-state index in [1.165, 1.54) is 0 Å². The molecule has 3 heteroatoms. The number of halogens is 1. The van der Waals surface area contributed by atoms with Crippen molar-refractivity contribution in [3.05, 3.63) is 64.9 Å². The maximum atomic E-state index is 9.72. The summed E-state index contributed by atoms with van der Waals surface area (Å²) in [6.07, 6.45) is 4.32. The largest absolute Gasteiger partial charge is 0.395 e. The Morgan fingerprint density at radius 3 is 2.28 bits per heavy atom. The zero-order valence-electron chi connectivity index (χ0n) is 10.3. The minimum absolute atomic E-state index is 0.0942. The van der Waals surface area contributed by atoms with Crippen molar-refractivity contribution in [3.63, 3.8) is 0 Å². The van der Waals surface area contributed by atoms with Crippen LogP contribution >= 0.6 is 11.6 Å². The normalized spacial score (nSPS) is 14.2. The van der Waals surface area contributed by atoms with Crippen LogP contribution in [0.3, 0.4) is 0 Å². The third-order valence-electron chi connectivity index (χ3n) is 3.23. The van der Waals surface area contributed by atoms with Crippen molar-refractivity contribution >= 4 is 11.6 Å². The van der Waals surface area contributed by atoms with Crippen LogP contribution in [0.25, 0.3) is 0 Å². The Bertz CT molecular complexity index is 498. The predicted octanol–water partition coefficient (Wildman–Crippen LogP) is 3.23. The van der Waals surface area contributed by atoms with Gasteiger partial charge in [-0.3, -0.25) is 4.98 Å². The molecular formula is C15H16ClNO. The van der Waals surface area contributed by atoms with E-state index in [9.17, 15) is 5.11 Å². The van der Waals surface area contributed by atoms with Crippen molar-refractivity contribution in [2.24, 2.45) is 0 Å². The zero-order chi connectivity index (χ0) is 13.0. The van der Waals surface area contributed by atoms with Gasteiger partial charge in [-0.25, -0.2) is 0 Å². The van der Waals surface area contributed by atoms with Gasteiger partial charge in [0.1, 0.15) is 0 Å². The summed E-state index contributed by atoms with van der Waals surface area (Å²) in [5.41, 5.74) is 1.95. The Morgan fingerprint density at radius 2 is 1.72 bits per heavy atom. The number of hydrogen-bond acceptors (Lipinski definition) is 2. The van der Waals surface area contributed by atoms with E-state index in [1.807, 2.05) is 36.4 Å². The van der Waals surface area contributed by atoms with Gasteiger partial charge < -0.3 is 5.11 Å². The lowest BCUT2D eigenvalue weighted by molar-refractivity contribution is 0.204. The number of aliphatic hydroxyl groups is 1. The van der Waals surface area contributed by atoms with E-state index in [-0.39, 0.29) is 12.0 Å². The van der Waals surface area contributed by atoms with E-state index < -0.39 is 0 Å². The number of benzene rings is 1. The zero-order valence-corrected chi connectivity index (χ0v) is 11.1. The molecule has 1 atom stereocenters. The molecule has 0 aliphatic carbocycles. The topological polar surface area (TPSA) is 33.1 Å². The summed E-state index contributed by atoms with van der Waals surface area (Å²) in [7, 11) is 0. The molecule has 2 aromatic rings. The Kier molecular flexibility index (Phi) is 4.00. The minimum Gasteiger partial charge on any atom is -0.395 e.